The maximum absolute atomic E-state index is 3.76. The number of rotatable bonds is 11. The van der Waals surface area contributed by atoms with Gasteiger partial charge in [0.15, 0.2) is 0 Å². The lowest BCUT2D eigenvalue weighted by molar-refractivity contribution is 0.390. The summed E-state index contributed by atoms with van der Waals surface area (Å²) in [4.78, 5) is 0. The molecule has 1 heteroatoms. The minimum atomic E-state index is 0.605. The Labute approximate surface area is 126 Å². The smallest absolute Gasteiger partial charge is 0.0130 e. The fraction of sp³-hybridized carbons (Fsp3) is 0.684. The average Bonchev–Trinajstić information content (AvgIpc) is 2.46. The Morgan fingerprint density at radius 2 is 1.55 bits per heavy atom. The molecule has 1 aromatic carbocycles. The van der Waals surface area contributed by atoms with Crippen molar-refractivity contribution in [2.24, 2.45) is 5.92 Å². The highest BCUT2D eigenvalue weighted by Crippen LogP contribution is 2.11. The quantitative estimate of drug-likeness (QED) is 0.547. The van der Waals surface area contributed by atoms with Crippen molar-refractivity contribution in [3.05, 3.63) is 35.9 Å². The van der Waals surface area contributed by atoms with Crippen LogP contribution in [0, 0.1) is 5.92 Å². The van der Waals surface area contributed by atoms with Crippen LogP contribution in [0.5, 0.6) is 0 Å². The first-order valence-electron chi connectivity index (χ1n) is 8.51. The molecule has 0 bridgehead atoms. The molecule has 0 aliphatic rings. The van der Waals surface area contributed by atoms with Gasteiger partial charge in [0, 0.05) is 6.04 Å². The summed E-state index contributed by atoms with van der Waals surface area (Å²) in [5, 5.41) is 3.76. The lowest BCUT2D eigenvalue weighted by Gasteiger charge is -2.22. The molecular weight excluding hydrogens is 242 g/mol. The summed E-state index contributed by atoms with van der Waals surface area (Å²) in [5.74, 6) is 0.690. The predicted octanol–water partition coefficient (Wildman–Crippen LogP) is 5.20. The summed E-state index contributed by atoms with van der Waals surface area (Å²) in [7, 11) is 0. The first-order chi connectivity index (χ1) is 9.74. The molecule has 0 spiro atoms. The number of unbranched alkanes of at least 4 members (excludes halogenated alkanes) is 5. The van der Waals surface area contributed by atoms with Crippen LogP contribution in [-0.2, 0) is 6.42 Å². The number of hydrogen-bond donors (Lipinski definition) is 1. The van der Waals surface area contributed by atoms with Crippen molar-refractivity contribution in [2.75, 3.05) is 6.54 Å². The Kier molecular flexibility index (Phi) is 9.40. The molecule has 0 amide bonds. The van der Waals surface area contributed by atoms with Crippen molar-refractivity contribution in [1.29, 1.82) is 0 Å². The SMILES string of the molecule is CCCCCCCCNC(Cc1ccccc1)C(C)C. The van der Waals surface area contributed by atoms with Gasteiger partial charge in [-0.1, -0.05) is 83.2 Å². The van der Waals surface area contributed by atoms with Crippen LogP contribution in [-0.4, -0.2) is 12.6 Å². The standard InChI is InChI=1S/C19H33N/c1-4-5-6-7-8-12-15-20-19(17(2)3)16-18-13-10-9-11-14-18/h9-11,13-14,17,19-20H,4-8,12,15-16H2,1-3H3. The van der Waals surface area contributed by atoms with E-state index in [1.54, 1.807) is 0 Å². The minimum absolute atomic E-state index is 0.605. The molecule has 1 N–H and O–H groups in total. The van der Waals surface area contributed by atoms with Crippen molar-refractivity contribution < 1.29 is 0 Å². The highest BCUT2D eigenvalue weighted by molar-refractivity contribution is 5.16. The zero-order chi connectivity index (χ0) is 14.6. The van der Waals surface area contributed by atoms with Gasteiger partial charge in [0.25, 0.3) is 0 Å². The fourth-order valence-corrected chi connectivity index (χ4v) is 2.60. The lowest BCUT2D eigenvalue weighted by Crippen LogP contribution is -2.36. The molecule has 0 aromatic heterocycles. The van der Waals surface area contributed by atoms with Crippen molar-refractivity contribution in [3.8, 4) is 0 Å². The van der Waals surface area contributed by atoms with E-state index < -0.39 is 0 Å². The van der Waals surface area contributed by atoms with Crippen LogP contribution in [0.15, 0.2) is 30.3 Å². The summed E-state index contributed by atoms with van der Waals surface area (Å²) in [6.07, 6.45) is 9.40. The molecule has 0 radical (unpaired) electrons. The molecule has 0 saturated heterocycles. The van der Waals surface area contributed by atoms with E-state index in [4.69, 9.17) is 0 Å². The van der Waals surface area contributed by atoms with Gasteiger partial charge in [0.1, 0.15) is 0 Å². The molecule has 1 rings (SSSR count). The number of nitrogens with one attached hydrogen (secondary N) is 1. The second-order valence-corrected chi connectivity index (χ2v) is 6.26. The minimum Gasteiger partial charge on any atom is -0.313 e. The van der Waals surface area contributed by atoms with Gasteiger partial charge in [-0.05, 0) is 30.9 Å². The van der Waals surface area contributed by atoms with Crippen LogP contribution in [0.3, 0.4) is 0 Å². The fourth-order valence-electron chi connectivity index (χ4n) is 2.60. The van der Waals surface area contributed by atoms with Crippen molar-refractivity contribution in [1.82, 2.24) is 5.32 Å². The number of benzene rings is 1. The molecular formula is C19H33N. The summed E-state index contributed by atoms with van der Waals surface area (Å²) in [5.41, 5.74) is 1.45. The molecule has 0 aliphatic heterocycles. The van der Waals surface area contributed by atoms with Crippen molar-refractivity contribution >= 4 is 0 Å². The van der Waals surface area contributed by atoms with Gasteiger partial charge in [-0.2, -0.15) is 0 Å². The molecule has 1 atom stereocenters. The van der Waals surface area contributed by atoms with E-state index in [2.05, 4.69) is 56.4 Å². The van der Waals surface area contributed by atoms with E-state index in [0.717, 1.165) is 6.42 Å². The molecule has 20 heavy (non-hydrogen) atoms. The predicted molar refractivity (Wildman–Crippen MR) is 90.2 cm³/mol. The molecule has 0 aliphatic carbocycles. The molecule has 1 nitrogen and oxygen atoms in total. The largest absolute Gasteiger partial charge is 0.313 e. The topological polar surface area (TPSA) is 12.0 Å². The monoisotopic (exact) mass is 275 g/mol. The van der Waals surface area contributed by atoms with E-state index in [0.29, 0.717) is 12.0 Å². The second kappa shape index (κ2) is 10.9. The Balaban J connectivity index is 2.19. The van der Waals surface area contributed by atoms with Gasteiger partial charge in [-0.25, -0.2) is 0 Å². The van der Waals surface area contributed by atoms with Gasteiger partial charge in [-0.15, -0.1) is 0 Å². The molecule has 114 valence electrons. The summed E-state index contributed by atoms with van der Waals surface area (Å²) in [6, 6.07) is 11.5. The average molecular weight is 275 g/mol. The van der Waals surface area contributed by atoms with Gasteiger partial charge in [0.2, 0.25) is 0 Å². The molecule has 1 aromatic rings. The highest BCUT2D eigenvalue weighted by Gasteiger charge is 2.12. The molecule has 0 heterocycles. The van der Waals surface area contributed by atoms with Crippen LogP contribution in [0.25, 0.3) is 0 Å². The first-order valence-corrected chi connectivity index (χ1v) is 8.51. The van der Waals surface area contributed by atoms with Crippen molar-refractivity contribution in [3.63, 3.8) is 0 Å². The van der Waals surface area contributed by atoms with E-state index in [-0.39, 0.29) is 0 Å². The summed E-state index contributed by atoms with van der Waals surface area (Å²) in [6.45, 7) is 8.09. The third-order valence-electron chi connectivity index (χ3n) is 4.04. The van der Waals surface area contributed by atoms with E-state index in [1.807, 2.05) is 0 Å². The molecule has 0 saturated carbocycles. The van der Waals surface area contributed by atoms with Crippen molar-refractivity contribution in [2.45, 2.75) is 71.8 Å². The first kappa shape index (κ1) is 17.2. The third-order valence-corrected chi connectivity index (χ3v) is 4.04. The zero-order valence-electron chi connectivity index (χ0n) is 13.7. The maximum Gasteiger partial charge on any atom is 0.0130 e. The van der Waals surface area contributed by atoms with Crippen LogP contribution in [0.2, 0.25) is 0 Å². The molecule has 1 unspecified atom stereocenters. The summed E-state index contributed by atoms with van der Waals surface area (Å²) >= 11 is 0. The maximum atomic E-state index is 3.76. The van der Waals surface area contributed by atoms with E-state index in [1.165, 1.54) is 50.6 Å². The normalized spacial score (nSPS) is 12.8. The molecule has 0 fully saturated rings. The Bertz CT molecular complexity index is 318. The third kappa shape index (κ3) is 7.69. The van der Waals surface area contributed by atoms with Crippen LogP contribution in [0.4, 0.5) is 0 Å². The Hall–Kier alpha value is -0.820. The van der Waals surface area contributed by atoms with Crippen LogP contribution >= 0.6 is 0 Å². The Morgan fingerprint density at radius 3 is 2.20 bits per heavy atom. The van der Waals surface area contributed by atoms with Gasteiger partial charge in [0.05, 0.1) is 0 Å². The number of hydrogen-bond acceptors (Lipinski definition) is 1. The second-order valence-electron chi connectivity index (χ2n) is 6.26. The van der Waals surface area contributed by atoms with Gasteiger partial charge < -0.3 is 5.32 Å². The van der Waals surface area contributed by atoms with Gasteiger partial charge >= 0.3 is 0 Å². The Morgan fingerprint density at radius 1 is 0.900 bits per heavy atom. The van der Waals surface area contributed by atoms with Crippen LogP contribution < -0.4 is 5.32 Å². The zero-order valence-corrected chi connectivity index (χ0v) is 13.7. The van der Waals surface area contributed by atoms with E-state index in [9.17, 15) is 0 Å². The highest BCUT2D eigenvalue weighted by atomic mass is 14.9. The summed E-state index contributed by atoms with van der Waals surface area (Å²) < 4.78 is 0. The van der Waals surface area contributed by atoms with E-state index >= 15 is 0 Å². The van der Waals surface area contributed by atoms with Crippen LogP contribution in [0.1, 0.15) is 64.9 Å². The van der Waals surface area contributed by atoms with Gasteiger partial charge in [-0.3, -0.25) is 0 Å². The lowest BCUT2D eigenvalue weighted by atomic mass is 9.96.